The molecule has 0 spiro atoms. The predicted octanol–water partition coefficient (Wildman–Crippen LogP) is 5.09. The van der Waals surface area contributed by atoms with Crippen LogP contribution in [0.5, 0.6) is 0 Å². The van der Waals surface area contributed by atoms with E-state index in [4.69, 9.17) is 0 Å². The van der Waals surface area contributed by atoms with Crippen LogP contribution < -0.4 is 5.32 Å². The van der Waals surface area contributed by atoms with Gasteiger partial charge < -0.3 is 10.4 Å². The number of hydrogen-bond acceptors (Lipinski definition) is 2. The summed E-state index contributed by atoms with van der Waals surface area (Å²) in [6, 6.07) is 0. The van der Waals surface area contributed by atoms with E-state index in [-0.39, 0.29) is 5.91 Å². The highest BCUT2D eigenvalue weighted by Crippen LogP contribution is 2.09. The van der Waals surface area contributed by atoms with Crippen molar-refractivity contribution in [2.75, 3.05) is 0 Å². The quantitative estimate of drug-likeness (QED) is 0.251. The molecule has 0 fully saturated rings. The van der Waals surface area contributed by atoms with Crippen LogP contribution in [0.25, 0.3) is 0 Å². The van der Waals surface area contributed by atoms with E-state index in [1.54, 1.807) is 0 Å². The van der Waals surface area contributed by atoms with Crippen LogP contribution in [0.2, 0.25) is 0 Å². The second-order valence-electron chi connectivity index (χ2n) is 6.12. The minimum atomic E-state index is -0.679. The first kappa shape index (κ1) is 21.2. The number of hydrogen-bond donors (Lipinski definition) is 2. The molecule has 0 aliphatic carbocycles. The third kappa shape index (κ3) is 15.6. The van der Waals surface area contributed by atoms with Crippen LogP contribution in [-0.4, -0.2) is 17.2 Å². The third-order valence-electron chi connectivity index (χ3n) is 3.88. The zero-order chi connectivity index (χ0) is 16.5. The lowest BCUT2D eigenvalue weighted by molar-refractivity contribution is -0.124. The van der Waals surface area contributed by atoms with E-state index in [1.165, 1.54) is 57.8 Å². The molecule has 0 saturated heterocycles. The number of aliphatic hydroxyl groups is 1. The summed E-state index contributed by atoms with van der Waals surface area (Å²) in [6.07, 6.45) is 18.6. The molecule has 0 radical (unpaired) electrons. The molecule has 1 atom stereocenters. The highest BCUT2D eigenvalue weighted by atomic mass is 16.3. The Morgan fingerprint density at radius 1 is 0.909 bits per heavy atom. The normalized spacial score (nSPS) is 12.7. The van der Waals surface area contributed by atoms with Crippen molar-refractivity contribution < 1.29 is 9.90 Å². The van der Waals surface area contributed by atoms with Gasteiger partial charge in [0.2, 0.25) is 5.91 Å². The van der Waals surface area contributed by atoms with Crippen LogP contribution in [0, 0.1) is 0 Å². The van der Waals surface area contributed by atoms with E-state index in [0.29, 0.717) is 12.8 Å². The monoisotopic (exact) mass is 311 g/mol. The molecule has 0 aromatic carbocycles. The minimum Gasteiger partial charge on any atom is -0.374 e. The summed E-state index contributed by atoms with van der Waals surface area (Å²) in [5.74, 6) is -0.0274. The van der Waals surface area contributed by atoms with Crippen LogP contribution in [-0.2, 0) is 4.79 Å². The lowest BCUT2D eigenvalue weighted by Crippen LogP contribution is -2.33. The molecule has 0 heterocycles. The number of rotatable bonds is 15. The Hall–Kier alpha value is -0.830. The number of aliphatic hydroxyl groups excluding tert-OH is 1. The summed E-state index contributed by atoms with van der Waals surface area (Å²) in [5, 5.41) is 11.9. The van der Waals surface area contributed by atoms with Gasteiger partial charge in [0.15, 0.2) is 0 Å². The van der Waals surface area contributed by atoms with E-state index < -0.39 is 6.23 Å². The van der Waals surface area contributed by atoms with Gasteiger partial charge in [-0.3, -0.25) is 4.79 Å². The number of nitrogens with one attached hydrogen (secondary N) is 1. The highest BCUT2D eigenvalue weighted by molar-refractivity contribution is 5.75. The van der Waals surface area contributed by atoms with E-state index in [9.17, 15) is 9.90 Å². The molecule has 0 aliphatic rings. The highest BCUT2D eigenvalue weighted by Gasteiger charge is 2.05. The summed E-state index contributed by atoms with van der Waals surface area (Å²) in [4.78, 5) is 11.4. The first-order chi connectivity index (χ1) is 10.7. The Morgan fingerprint density at radius 2 is 1.45 bits per heavy atom. The topological polar surface area (TPSA) is 49.3 Å². The Balaban J connectivity index is 3.23. The predicted molar refractivity (Wildman–Crippen MR) is 94.7 cm³/mol. The van der Waals surface area contributed by atoms with Gasteiger partial charge in [-0.25, -0.2) is 0 Å². The smallest absolute Gasteiger partial charge is 0.221 e. The van der Waals surface area contributed by atoms with E-state index in [2.05, 4.69) is 24.4 Å². The van der Waals surface area contributed by atoms with Gasteiger partial charge in [0, 0.05) is 6.42 Å². The van der Waals surface area contributed by atoms with Crippen molar-refractivity contribution in [2.24, 2.45) is 0 Å². The summed E-state index contributed by atoms with van der Waals surface area (Å²) < 4.78 is 0. The average molecular weight is 312 g/mol. The number of amides is 1. The molecule has 3 nitrogen and oxygen atoms in total. The first-order valence-electron chi connectivity index (χ1n) is 9.33. The second kappa shape index (κ2) is 16.5. The largest absolute Gasteiger partial charge is 0.374 e. The van der Waals surface area contributed by atoms with E-state index in [0.717, 1.165) is 12.8 Å². The first-order valence-corrected chi connectivity index (χ1v) is 9.33. The number of allylic oxidation sites excluding steroid dienone is 2. The molecule has 130 valence electrons. The lowest BCUT2D eigenvalue weighted by atomic mass is 10.1. The van der Waals surface area contributed by atoms with Gasteiger partial charge in [0.25, 0.3) is 0 Å². The molecular weight excluding hydrogens is 274 g/mol. The molecule has 0 rings (SSSR count). The van der Waals surface area contributed by atoms with Crippen LogP contribution in [0.15, 0.2) is 12.2 Å². The number of carbonyl (C=O) groups excluding carboxylic acids is 1. The Labute approximate surface area is 137 Å². The summed E-state index contributed by atoms with van der Waals surface area (Å²) in [7, 11) is 0. The maximum atomic E-state index is 11.4. The molecule has 0 bridgehead atoms. The summed E-state index contributed by atoms with van der Waals surface area (Å²) in [6.45, 7) is 4.10. The molecule has 0 aliphatic heterocycles. The van der Waals surface area contributed by atoms with Gasteiger partial charge in [-0.1, -0.05) is 64.5 Å². The molecule has 22 heavy (non-hydrogen) atoms. The van der Waals surface area contributed by atoms with E-state index >= 15 is 0 Å². The lowest BCUT2D eigenvalue weighted by Gasteiger charge is -2.09. The summed E-state index contributed by atoms with van der Waals surface area (Å²) >= 11 is 0. The SMILES string of the molecule is CCCCCCC=CCCCCCCCC(=O)NC(O)CC. The van der Waals surface area contributed by atoms with Crippen LogP contribution >= 0.6 is 0 Å². The zero-order valence-electron chi connectivity index (χ0n) is 14.8. The molecule has 1 amide bonds. The molecule has 3 heteroatoms. The Morgan fingerprint density at radius 3 is 2.05 bits per heavy atom. The van der Waals surface area contributed by atoms with Gasteiger partial charge in [-0.2, -0.15) is 0 Å². The van der Waals surface area contributed by atoms with Crippen molar-refractivity contribution in [1.29, 1.82) is 0 Å². The van der Waals surface area contributed by atoms with Crippen LogP contribution in [0.3, 0.4) is 0 Å². The van der Waals surface area contributed by atoms with Gasteiger partial charge in [-0.15, -0.1) is 0 Å². The fourth-order valence-electron chi connectivity index (χ4n) is 2.36. The van der Waals surface area contributed by atoms with Gasteiger partial charge in [0.1, 0.15) is 6.23 Å². The van der Waals surface area contributed by atoms with Crippen molar-refractivity contribution in [3.63, 3.8) is 0 Å². The standard InChI is InChI=1S/C19H37NO2/c1-3-5-6-7-8-9-10-11-12-13-14-15-16-17-19(22)20-18(21)4-2/h9-10,18,21H,3-8,11-17H2,1-2H3,(H,20,22). The van der Waals surface area contributed by atoms with Crippen molar-refractivity contribution >= 4 is 5.91 Å². The van der Waals surface area contributed by atoms with Crippen molar-refractivity contribution in [1.82, 2.24) is 5.32 Å². The minimum absolute atomic E-state index is 0.0274. The zero-order valence-corrected chi connectivity index (χ0v) is 14.8. The Bertz CT molecular complexity index is 277. The van der Waals surface area contributed by atoms with Gasteiger partial charge in [0.05, 0.1) is 0 Å². The second-order valence-corrected chi connectivity index (χ2v) is 6.12. The van der Waals surface area contributed by atoms with Crippen molar-refractivity contribution in [3.8, 4) is 0 Å². The maximum absolute atomic E-state index is 11.4. The number of carbonyl (C=O) groups is 1. The van der Waals surface area contributed by atoms with E-state index in [1.807, 2.05) is 6.92 Å². The molecule has 0 aromatic rings. The van der Waals surface area contributed by atoms with Gasteiger partial charge in [-0.05, 0) is 38.5 Å². The molecule has 1 unspecified atom stereocenters. The molecule has 2 N–H and O–H groups in total. The Kier molecular flexibility index (Phi) is 15.9. The van der Waals surface area contributed by atoms with Crippen LogP contribution in [0.4, 0.5) is 0 Å². The molecule has 0 saturated carbocycles. The van der Waals surface area contributed by atoms with Gasteiger partial charge >= 0.3 is 0 Å². The maximum Gasteiger partial charge on any atom is 0.221 e. The molecular formula is C19H37NO2. The van der Waals surface area contributed by atoms with Crippen molar-refractivity contribution in [3.05, 3.63) is 12.2 Å². The summed E-state index contributed by atoms with van der Waals surface area (Å²) in [5.41, 5.74) is 0. The third-order valence-corrected chi connectivity index (χ3v) is 3.88. The fourth-order valence-corrected chi connectivity index (χ4v) is 2.36. The average Bonchev–Trinajstić information content (AvgIpc) is 2.51. The van der Waals surface area contributed by atoms with Crippen LogP contribution in [0.1, 0.15) is 97.3 Å². The number of unbranched alkanes of at least 4 members (excludes halogenated alkanes) is 9. The molecule has 0 aromatic heterocycles. The fraction of sp³-hybridized carbons (Fsp3) is 0.842. The van der Waals surface area contributed by atoms with Crippen molar-refractivity contribution in [2.45, 2.75) is 104 Å².